The van der Waals surface area contributed by atoms with E-state index in [1.165, 1.54) is 17.5 Å². The summed E-state index contributed by atoms with van der Waals surface area (Å²) in [4.78, 5) is 28.7. The third-order valence-corrected chi connectivity index (χ3v) is 3.94. The molecule has 2 aromatic carbocycles. The Hall–Kier alpha value is -3.19. The maximum atomic E-state index is 12.4. The number of nitrogens with two attached hydrogens (primary N) is 1. The molecule has 0 spiro atoms. The van der Waals surface area contributed by atoms with E-state index in [4.69, 9.17) is 5.73 Å². The summed E-state index contributed by atoms with van der Waals surface area (Å²) in [5.74, 6) is -0.650. The molecule has 4 N–H and O–H groups in total. The Morgan fingerprint density at radius 3 is 2.33 bits per heavy atom. The Bertz CT molecular complexity index is 877. The zero-order valence-electron chi connectivity index (χ0n) is 12.5. The second-order valence-corrected chi connectivity index (χ2v) is 5.95. The number of hydrogen-bond acceptors (Lipinski definition) is 5. The molecule has 0 saturated carbocycles. The van der Waals surface area contributed by atoms with Crippen molar-refractivity contribution in [3.63, 3.8) is 0 Å². The predicted molar refractivity (Wildman–Crippen MR) is 95.3 cm³/mol. The first-order chi connectivity index (χ1) is 11.6. The van der Waals surface area contributed by atoms with Crippen LogP contribution in [0.2, 0.25) is 0 Å². The van der Waals surface area contributed by atoms with Crippen LogP contribution in [0.4, 0.5) is 15.8 Å². The lowest BCUT2D eigenvalue weighted by Crippen LogP contribution is -2.18. The van der Waals surface area contributed by atoms with Crippen LogP contribution in [0.5, 0.6) is 0 Å². The minimum absolute atomic E-state index is 0.283. The topological polar surface area (TPSA) is 97.1 Å². The van der Waals surface area contributed by atoms with Crippen LogP contribution in [0.1, 0.15) is 20.7 Å². The van der Waals surface area contributed by atoms with Gasteiger partial charge < -0.3 is 11.1 Å². The summed E-state index contributed by atoms with van der Waals surface area (Å²) in [6.07, 6.45) is 1.48. The summed E-state index contributed by atoms with van der Waals surface area (Å²) in [5.41, 5.74) is 6.88. The summed E-state index contributed by atoms with van der Waals surface area (Å²) >= 11 is 1.17. The number of rotatable bonds is 4. The lowest BCUT2D eigenvalue weighted by Gasteiger charge is -2.10. The molecular formula is C17H14N4O2S. The van der Waals surface area contributed by atoms with Gasteiger partial charge in [-0.2, -0.15) is 0 Å². The van der Waals surface area contributed by atoms with Crippen molar-refractivity contribution < 1.29 is 9.59 Å². The van der Waals surface area contributed by atoms with Crippen molar-refractivity contribution in [2.24, 2.45) is 0 Å². The minimum atomic E-state index is -0.367. The molecule has 0 unspecified atom stereocenters. The molecule has 0 atom stereocenters. The van der Waals surface area contributed by atoms with E-state index in [0.717, 1.165) is 0 Å². The van der Waals surface area contributed by atoms with Crippen molar-refractivity contribution in [2.45, 2.75) is 0 Å². The number of hydrogen-bond donors (Lipinski definition) is 3. The standard InChI is InChI=1S/C17H14N4O2S/c18-14-10-19-17(24-14)21-16(23)12-8-4-5-9-13(12)20-15(22)11-6-2-1-3-7-11/h1-10H,18H2,(H,20,22)(H,19,21,23). The van der Waals surface area contributed by atoms with Gasteiger partial charge in [-0.05, 0) is 24.3 Å². The van der Waals surface area contributed by atoms with Gasteiger partial charge in [0.2, 0.25) is 0 Å². The third kappa shape index (κ3) is 3.58. The van der Waals surface area contributed by atoms with E-state index in [9.17, 15) is 9.59 Å². The highest BCUT2D eigenvalue weighted by Gasteiger charge is 2.15. The molecule has 0 saturated heterocycles. The number of anilines is 3. The Kier molecular flexibility index (Phi) is 4.53. The molecule has 2 amide bonds. The van der Waals surface area contributed by atoms with Gasteiger partial charge in [-0.15, -0.1) is 0 Å². The number of nitrogens with one attached hydrogen (secondary N) is 2. The summed E-state index contributed by atoms with van der Waals surface area (Å²) in [6.45, 7) is 0. The second kappa shape index (κ2) is 6.93. The monoisotopic (exact) mass is 338 g/mol. The second-order valence-electron chi connectivity index (χ2n) is 4.89. The van der Waals surface area contributed by atoms with Gasteiger partial charge in [0.25, 0.3) is 11.8 Å². The van der Waals surface area contributed by atoms with E-state index in [1.54, 1.807) is 48.5 Å². The molecule has 0 radical (unpaired) electrons. The molecular weight excluding hydrogens is 324 g/mol. The highest BCUT2D eigenvalue weighted by atomic mass is 32.1. The number of nitrogens with zero attached hydrogens (tertiary/aromatic N) is 1. The number of carbonyl (C=O) groups is 2. The number of amides is 2. The van der Waals surface area contributed by atoms with Crippen molar-refractivity contribution in [2.75, 3.05) is 16.4 Å². The fraction of sp³-hybridized carbons (Fsp3) is 0. The molecule has 0 aliphatic carbocycles. The average Bonchev–Trinajstić information content (AvgIpc) is 3.01. The molecule has 0 bridgehead atoms. The summed E-state index contributed by atoms with van der Waals surface area (Å²) < 4.78 is 0. The van der Waals surface area contributed by atoms with Crippen molar-refractivity contribution in [1.29, 1.82) is 0 Å². The van der Waals surface area contributed by atoms with Crippen LogP contribution in [0.3, 0.4) is 0 Å². The molecule has 0 aliphatic heterocycles. The van der Waals surface area contributed by atoms with Crippen molar-refractivity contribution in [3.8, 4) is 0 Å². The van der Waals surface area contributed by atoms with Crippen LogP contribution in [0.15, 0.2) is 60.8 Å². The van der Waals surface area contributed by atoms with E-state index in [0.29, 0.717) is 26.9 Å². The highest BCUT2D eigenvalue weighted by molar-refractivity contribution is 7.19. The van der Waals surface area contributed by atoms with E-state index in [-0.39, 0.29) is 11.8 Å². The minimum Gasteiger partial charge on any atom is -0.389 e. The van der Waals surface area contributed by atoms with Crippen molar-refractivity contribution in [1.82, 2.24) is 4.98 Å². The van der Waals surface area contributed by atoms with Crippen molar-refractivity contribution >= 4 is 39.0 Å². The summed E-state index contributed by atoms with van der Waals surface area (Å²) in [7, 11) is 0. The van der Waals surface area contributed by atoms with Gasteiger partial charge in [-0.3, -0.25) is 14.9 Å². The lowest BCUT2D eigenvalue weighted by atomic mass is 10.1. The van der Waals surface area contributed by atoms with Gasteiger partial charge in [-0.1, -0.05) is 41.7 Å². The van der Waals surface area contributed by atoms with Crippen LogP contribution in [0.25, 0.3) is 0 Å². The predicted octanol–water partition coefficient (Wildman–Crippen LogP) is 3.23. The molecule has 24 heavy (non-hydrogen) atoms. The van der Waals surface area contributed by atoms with Gasteiger partial charge in [0.1, 0.15) is 5.00 Å². The molecule has 0 fully saturated rings. The quantitative estimate of drug-likeness (QED) is 0.680. The first-order valence-electron chi connectivity index (χ1n) is 7.11. The number of aromatic nitrogens is 1. The summed E-state index contributed by atoms with van der Waals surface area (Å²) in [6, 6.07) is 15.6. The molecule has 120 valence electrons. The fourth-order valence-corrected chi connectivity index (χ4v) is 2.66. The Morgan fingerprint density at radius 1 is 0.917 bits per heavy atom. The smallest absolute Gasteiger partial charge is 0.259 e. The van der Waals surface area contributed by atoms with Gasteiger partial charge in [0, 0.05) is 5.56 Å². The maximum Gasteiger partial charge on any atom is 0.259 e. The van der Waals surface area contributed by atoms with Crippen LogP contribution in [-0.2, 0) is 0 Å². The Morgan fingerprint density at radius 2 is 1.62 bits per heavy atom. The van der Waals surface area contributed by atoms with Gasteiger partial charge >= 0.3 is 0 Å². The molecule has 1 aromatic heterocycles. The third-order valence-electron chi connectivity index (χ3n) is 3.20. The number of carbonyl (C=O) groups excluding carboxylic acids is 2. The number of para-hydroxylation sites is 1. The molecule has 0 aliphatic rings. The number of nitrogen functional groups attached to an aromatic ring is 1. The number of benzene rings is 2. The molecule has 3 rings (SSSR count). The van der Waals surface area contributed by atoms with Crippen molar-refractivity contribution in [3.05, 3.63) is 71.9 Å². The molecule has 7 heteroatoms. The van der Waals surface area contributed by atoms with E-state index < -0.39 is 0 Å². The van der Waals surface area contributed by atoms with Gasteiger partial charge in [-0.25, -0.2) is 4.98 Å². The number of thiazole rings is 1. The highest BCUT2D eigenvalue weighted by Crippen LogP contribution is 2.22. The van der Waals surface area contributed by atoms with E-state index in [1.807, 2.05) is 6.07 Å². The molecule has 3 aromatic rings. The first-order valence-corrected chi connectivity index (χ1v) is 7.93. The van der Waals surface area contributed by atoms with Crippen LogP contribution in [0, 0.1) is 0 Å². The van der Waals surface area contributed by atoms with Crippen LogP contribution >= 0.6 is 11.3 Å². The largest absolute Gasteiger partial charge is 0.389 e. The zero-order chi connectivity index (χ0) is 16.9. The normalized spacial score (nSPS) is 10.2. The average molecular weight is 338 g/mol. The SMILES string of the molecule is Nc1cnc(NC(=O)c2ccccc2NC(=O)c2ccccc2)s1. The Labute approximate surface area is 142 Å². The maximum absolute atomic E-state index is 12.4. The van der Waals surface area contributed by atoms with Gasteiger partial charge in [0.05, 0.1) is 17.4 Å². The van der Waals surface area contributed by atoms with E-state index >= 15 is 0 Å². The Balaban J connectivity index is 1.80. The van der Waals surface area contributed by atoms with Gasteiger partial charge in [0.15, 0.2) is 5.13 Å². The fourth-order valence-electron chi connectivity index (χ4n) is 2.08. The summed E-state index contributed by atoms with van der Waals surface area (Å²) in [5, 5.41) is 6.34. The lowest BCUT2D eigenvalue weighted by molar-refractivity contribution is 0.102. The molecule has 1 heterocycles. The van der Waals surface area contributed by atoms with Crippen LogP contribution < -0.4 is 16.4 Å². The zero-order valence-corrected chi connectivity index (χ0v) is 13.3. The van der Waals surface area contributed by atoms with Crippen LogP contribution in [-0.4, -0.2) is 16.8 Å². The first kappa shape index (κ1) is 15.7. The van der Waals surface area contributed by atoms with E-state index in [2.05, 4.69) is 15.6 Å². The molecule has 6 nitrogen and oxygen atoms in total.